The summed E-state index contributed by atoms with van der Waals surface area (Å²) in [4.78, 5) is 19.4. The molecule has 1 heterocycles. The van der Waals surface area contributed by atoms with E-state index in [-0.39, 0.29) is 5.95 Å². The Morgan fingerprint density at radius 2 is 1.94 bits per heavy atom. The molecule has 0 radical (unpaired) electrons. The van der Waals surface area contributed by atoms with Crippen molar-refractivity contribution in [2.45, 2.75) is 32.9 Å². The molecular weight excluding hydrogens is 220 g/mol. The second-order valence-electron chi connectivity index (χ2n) is 4.57. The van der Waals surface area contributed by atoms with Gasteiger partial charge in [-0.2, -0.15) is 0 Å². The van der Waals surface area contributed by atoms with Crippen LogP contribution in [0.2, 0.25) is 0 Å². The fourth-order valence-electron chi connectivity index (χ4n) is 1.11. The minimum atomic E-state index is -0.557. The van der Waals surface area contributed by atoms with Gasteiger partial charge in [-0.05, 0) is 27.8 Å². The van der Waals surface area contributed by atoms with Crippen molar-refractivity contribution in [2.75, 3.05) is 12.4 Å². The first kappa shape index (κ1) is 13.4. The highest BCUT2D eigenvalue weighted by atomic mass is 16.6. The molecule has 17 heavy (non-hydrogen) atoms. The lowest BCUT2D eigenvalue weighted by Gasteiger charge is -2.19. The Morgan fingerprint density at radius 1 is 1.35 bits per heavy atom. The largest absolute Gasteiger partial charge is 0.444 e. The van der Waals surface area contributed by atoms with Crippen LogP contribution < -0.4 is 10.6 Å². The summed E-state index contributed by atoms with van der Waals surface area (Å²) < 4.78 is 5.08. The number of carbonyl (C=O) groups excluding carboxylic acids is 1. The lowest BCUT2D eigenvalue weighted by Crippen LogP contribution is -2.27. The zero-order valence-electron chi connectivity index (χ0n) is 10.6. The van der Waals surface area contributed by atoms with E-state index in [9.17, 15) is 4.79 Å². The predicted molar refractivity (Wildman–Crippen MR) is 64.7 cm³/mol. The lowest BCUT2D eigenvalue weighted by atomic mass is 10.2. The molecule has 0 fully saturated rings. The van der Waals surface area contributed by atoms with Crippen LogP contribution in [0.15, 0.2) is 12.4 Å². The van der Waals surface area contributed by atoms with Gasteiger partial charge in [-0.15, -0.1) is 0 Å². The third kappa shape index (κ3) is 5.26. The number of nitrogens with one attached hydrogen (secondary N) is 2. The van der Waals surface area contributed by atoms with Gasteiger partial charge in [0.15, 0.2) is 0 Å². The number of hydrogen-bond acceptors (Lipinski definition) is 5. The molecule has 0 unspecified atom stereocenters. The van der Waals surface area contributed by atoms with Crippen molar-refractivity contribution in [3.05, 3.63) is 18.0 Å². The van der Waals surface area contributed by atoms with Crippen LogP contribution in [0.5, 0.6) is 0 Å². The van der Waals surface area contributed by atoms with Crippen molar-refractivity contribution in [2.24, 2.45) is 0 Å². The molecule has 2 N–H and O–H groups in total. The van der Waals surface area contributed by atoms with E-state index in [1.165, 1.54) is 0 Å². The summed E-state index contributed by atoms with van der Waals surface area (Å²) in [5.74, 6) is 0.235. The van der Waals surface area contributed by atoms with E-state index in [4.69, 9.17) is 4.74 Å². The number of anilines is 1. The molecule has 1 rings (SSSR count). The molecule has 0 saturated carbocycles. The minimum Gasteiger partial charge on any atom is -0.444 e. The molecule has 0 aliphatic carbocycles. The van der Waals surface area contributed by atoms with Gasteiger partial charge < -0.3 is 10.1 Å². The number of rotatable bonds is 3. The summed E-state index contributed by atoms with van der Waals surface area (Å²) in [5.41, 5.74) is 0.415. The summed E-state index contributed by atoms with van der Waals surface area (Å²) in [6, 6.07) is 0. The van der Waals surface area contributed by atoms with Crippen molar-refractivity contribution < 1.29 is 9.53 Å². The Kier molecular flexibility index (Phi) is 4.39. The van der Waals surface area contributed by atoms with E-state index in [1.54, 1.807) is 33.2 Å². The maximum atomic E-state index is 11.4. The molecule has 0 spiro atoms. The van der Waals surface area contributed by atoms with Gasteiger partial charge >= 0.3 is 6.09 Å². The van der Waals surface area contributed by atoms with E-state index < -0.39 is 11.7 Å². The second-order valence-corrected chi connectivity index (χ2v) is 4.57. The van der Waals surface area contributed by atoms with Gasteiger partial charge in [-0.1, -0.05) is 0 Å². The van der Waals surface area contributed by atoms with Crippen molar-refractivity contribution in [1.29, 1.82) is 0 Å². The molecule has 1 aromatic heterocycles. The maximum absolute atomic E-state index is 11.4. The fourth-order valence-corrected chi connectivity index (χ4v) is 1.11. The second kappa shape index (κ2) is 5.58. The molecular formula is C11H18N4O2. The van der Waals surface area contributed by atoms with Crippen molar-refractivity contribution >= 4 is 12.0 Å². The first-order valence-corrected chi connectivity index (χ1v) is 5.36. The monoisotopic (exact) mass is 238 g/mol. The number of nitrogens with zero attached hydrogens (tertiary/aromatic N) is 2. The Labute approximate surface area is 101 Å². The van der Waals surface area contributed by atoms with Gasteiger partial charge in [0.2, 0.25) is 5.95 Å². The average molecular weight is 238 g/mol. The van der Waals surface area contributed by atoms with E-state index in [0.29, 0.717) is 6.54 Å². The highest BCUT2D eigenvalue weighted by Gasteiger charge is 2.16. The zero-order valence-corrected chi connectivity index (χ0v) is 10.6. The van der Waals surface area contributed by atoms with Crippen LogP contribution >= 0.6 is 0 Å². The first-order valence-electron chi connectivity index (χ1n) is 5.36. The number of hydrogen-bond donors (Lipinski definition) is 2. The number of amides is 1. The van der Waals surface area contributed by atoms with Crippen molar-refractivity contribution in [1.82, 2.24) is 15.3 Å². The van der Waals surface area contributed by atoms with Crippen LogP contribution in [0.25, 0.3) is 0 Å². The van der Waals surface area contributed by atoms with Gasteiger partial charge in [0.05, 0.1) is 0 Å². The van der Waals surface area contributed by atoms with Crippen molar-refractivity contribution in [3.8, 4) is 0 Å². The summed E-state index contributed by atoms with van der Waals surface area (Å²) in [6.07, 6.45) is 2.74. The van der Waals surface area contributed by atoms with E-state index >= 15 is 0 Å². The topological polar surface area (TPSA) is 76.1 Å². The molecule has 1 aromatic rings. The molecule has 0 aliphatic rings. The van der Waals surface area contributed by atoms with Crippen LogP contribution in [0.4, 0.5) is 10.7 Å². The zero-order chi connectivity index (χ0) is 12.9. The Balaban J connectivity index is 2.54. The first-order chi connectivity index (χ1) is 7.90. The molecule has 6 nitrogen and oxygen atoms in total. The molecule has 0 aliphatic heterocycles. The summed E-state index contributed by atoms with van der Waals surface area (Å²) in [6.45, 7) is 6.07. The lowest BCUT2D eigenvalue weighted by molar-refractivity contribution is 0.0634. The highest BCUT2D eigenvalue weighted by molar-refractivity contribution is 5.82. The minimum absolute atomic E-state index is 0.235. The molecule has 0 saturated heterocycles. The summed E-state index contributed by atoms with van der Waals surface area (Å²) >= 11 is 0. The molecule has 1 amide bonds. The normalized spacial score (nSPS) is 11.1. The summed E-state index contributed by atoms with van der Waals surface area (Å²) in [7, 11) is 1.84. The standard InChI is InChI=1S/C11H18N4O2/c1-11(2,3)17-10(16)15-9-13-6-8(5-12-4)7-14-9/h6-7,12H,5H2,1-4H3,(H,13,14,15,16). The smallest absolute Gasteiger partial charge is 0.414 e. The molecule has 0 bridgehead atoms. The third-order valence-corrected chi connectivity index (χ3v) is 1.70. The van der Waals surface area contributed by atoms with E-state index in [1.807, 2.05) is 7.05 Å². The van der Waals surface area contributed by atoms with Crippen molar-refractivity contribution in [3.63, 3.8) is 0 Å². The maximum Gasteiger partial charge on any atom is 0.414 e. The molecule has 0 atom stereocenters. The van der Waals surface area contributed by atoms with Crippen LogP contribution in [0.3, 0.4) is 0 Å². The predicted octanol–water partition coefficient (Wildman–Crippen LogP) is 1.54. The van der Waals surface area contributed by atoms with Crippen LogP contribution in [-0.4, -0.2) is 28.7 Å². The Bertz CT molecular complexity index is 370. The van der Waals surface area contributed by atoms with Gasteiger partial charge in [-0.25, -0.2) is 14.8 Å². The Hall–Kier alpha value is -1.69. The third-order valence-electron chi connectivity index (χ3n) is 1.70. The van der Waals surface area contributed by atoms with Gasteiger partial charge in [-0.3, -0.25) is 5.32 Å². The number of ether oxygens (including phenoxy) is 1. The highest BCUT2D eigenvalue weighted by Crippen LogP contribution is 2.08. The van der Waals surface area contributed by atoms with Gasteiger partial charge in [0, 0.05) is 24.5 Å². The van der Waals surface area contributed by atoms with E-state index in [2.05, 4.69) is 20.6 Å². The fraction of sp³-hybridized carbons (Fsp3) is 0.545. The molecule has 94 valence electrons. The summed E-state index contributed by atoms with van der Waals surface area (Å²) in [5, 5.41) is 5.45. The van der Waals surface area contributed by atoms with Gasteiger partial charge in [0.25, 0.3) is 0 Å². The van der Waals surface area contributed by atoms with Crippen LogP contribution in [0.1, 0.15) is 26.3 Å². The van der Waals surface area contributed by atoms with Crippen LogP contribution in [0, 0.1) is 0 Å². The van der Waals surface area contributed by atoms with E-state index in [0.717, 1.165) is 5.56 Å². The number of carbonyl (C=O) groups is 1. The molecule has 6 heteroatoms. The average Bonchev–Trinajstić information content (AvgIpc) is 2.18. The number of aromatic nitrogens is 2. The molecule has 0 aromatic carbocycles. The Morgan fingerprint density at radius 3 is 2.41 bits per heavy atom. The SMILES string of the molecule is CNCc1cnc(NC(=O)OC(C)(C)C)nc1. The quantitative estimate of drug-likeness (QED) is 0.835. The van der Waals surface area contributed by atoms with Gasteiger partial charge in [0.1, 0.15) is 5.60 Å². The van der Waals surface area contributed by atoms with Crippen LogP contribution in [-0.2, 0) is 11.3 Å².